The van der Waals surface area contributed by atoms with Crippen LogP contribution >= 0.6 is 35.0 Å². The second kappa shape index (κ2) is 10.1. The Morgan fingerprint density at radius 3 is 2.69 bits per heavy atom. The largest absolute Gasteiger partial charge is 0.344 e. The molecule has 0 heterocycles. The van der Waals surface area contributed by atoms with Gasteiger partial charge < -0.3 is 10.6 Å². The molecule has 2 N–H and O–H groups in total. The molecule has 4 nitrogen and oxygen atoms in total. The molecule has 0 aliphatic heterocycles. The number of terminal acetylenes is 1. The van der Waals surface area contributed by atoms with Crippen LogP contribution in [0.4, 0.5) is 0 Å². The van der Waals surface area contributed by atoms with Crippen LogP contribution in [-0.4, -0.2) is 24.9 Å². The predicted octanol–water partition coefficient (Wildman–Crippen LogP) is 3.76. The van der Waals surface area contributed by atoms with Crippen molar-refractivity contribution in [2.45, 2.75) is 10.6 Å². The van der Waals surface area contributed by atoms with E-state index in [2.05, 4.69) is 16.6 Å². The standard InChI is InChI=1S/C19H16Cl2N2O2S/c1-2-8-22-18(24)11-23-19(25)14-5-3-4-13(9-14)12-26-17-10-15(20)6-7-16(17)21/h1,3-7,9-10H,8,11-12H2,(H,22,24)(H,23,25). The molecule has 26 heavy (non-hydrogen) atoms. The number of hydrogen-bond donors (Lipinski definition) is 2. The van der Waals surface area contributed by atoms with Crippen molar-refractivity contribution in [1.29, 1.82) is 0 Å². The van der Waals surface area contributed by atoms with Crippen LogP contribution in [0.2, 0.25) is 10.0 Å². The van der Waals surface area contributed by atoms with Crippen molar-refractivity contribution < 1.29 is 9.59 Å². The van der Waals surface area contributed by atoms with Crippen LogP contribution in [0, 0.1) is 12.3 Å². The van der Waals surface area contributed by atoms with Gasteiger partial charge in [-0.3, -0.25) is 9.59 Å². The molecule has 0 aromatic heterocycles. The molecule has 0 radical (unpaired) electrons. The molecule has 134 valence electrons. The minimum absolute atomic E-state index is 0.127. The van der Waals surface area contributed by atoms with E-state index >= 15 is 0 Å². The molecular weight excluding hydrogens is 391 g/mol. The van der Waals surface area contributed by atoms with Crippen LogP contribution in [0.3, 0.4) is 0 Å². The van der Waals surface area contributed by atoms with Crippen LogP contribution in [0.25, 0.3) is 0 Å². The number of halogens is 2. The third-order valence-corrected chi connectivity index (χ3v) is 5.08. The number of thioether (sulfide) groups is 1. The van der Waals surface area contributed by atoms with Crippen LogP contribution in [0.1, 0.15) is 15.9 Å². The highest BCUT2D eigenvalue weighted by Crippen LogP contribution is 2.32. The van der Waals surface area contributed by atoms with Crippen LogP contribution in [0.15, 0.2) is 47.4 Å². The van der Waals surface area contributed by atoms with E-state index in [-0.39, 0.29) is 24.9 Å². The summed E-state index contributed by atoms with van der Waals surface area (Å²) in [4.78, 5) is 24.5. The normalized spacial score (nSPS) is 10.0. The third-order valence-electron chi connectivity index (χ3n) is 3.27. The molecular formula is C19H16Cl2N2O2S. The third kappa shape index (κ3) is 6.30. The first-order chi connectivity index (χ1) is 12.5. The number of carbonyl (C=O) groups is 2. The zero-order chi connectivity index (χ0) is 18.9. The second-order valence-corrected chi connectivity index (χ2v) is 7.09. The van der Waals surface area contributed by atoms with E-state index in [1.807, 2.05) is 6.07 Å². The zero-order valence-electron chi connectivity index (χ0n) is 13.7. The molecule has 2 aromatic rings. The Bertz CT molecular complexity index is 850. The van der Waals surface area contributed by atoms with Crippen molar-refractivity contribution in [2.75, 3.05) is 13.1 Å². The average molecular weight is 407 g/mol. The second-order valence-electron chi connectivity index (χ2n) is 5.23. The lowest BCUT2D eigenvalue weighted by Crippen LogP contribution is -2.37. The van der Waals surface area contributed by atoms with E-state index in [4.69, 9.17) is 29.6 Å². The minimum atomic E-state index is -0.335. The highest BCUT2D eigenvalue weighted by atomic mass is 35.5. The zero-order valence-corrected chi connectivity index (χ0v) is 16.0. The summed E-state index contributed by atoms with van der Waals surface area (Å²) >= 11 is 13.7. The fourth-order valence-corrected chi connectivity index (χ4v) is 3.46. The molecule has 2 amide bonds. The Balaban J connectivity index is 1.94. The summed E-state index contributed by atoms with van der Waals surface area (Å²) in [6, 6.07) is 12.5. The number of nitrogens with one attached hydrogen (secondary N) is 2. The van der Waals surface area contributed by atoms with Crippen molar-refractivity contribution in [3.8, 4) is 12.3 Å². The van der Waals surface area contributed by atoms with Gasteiger partial charge in [0.2, 0.25) is 5.91 Å². The molecule has 7 heteroatoms. The Hall–Kier alpha value is -2.13. The van der Waals surface area contributed by atoms with Gasteiger partial charge in [0.1, 0.15) is 0 Å². The van der Waals surface area contributed by atoms with Gasteiger partial charge in [-0.1, -0.05) is 41.3 Å². The topological polar surface area (TPSA) is 58.2 Å². The summed E-state index contributed by atoms with van der Waals surface area (Å²) in [5.74, 6) is 2.26. The summed E-state index contributed by atoms with van der Waals surface area (Å²) in [7, 11) is 0. The van der Waals surface area contributed by atoms with Gasteiger partial charge in [0, 0.05) is 21.2 Å². The van der Waals surface area contributed by atoms with Crippen molar-refractivity contribution in [2.24, 2.45) is 0 Å². The Kier molecular flexibility index (Phi) is 7.86. The smallest absolute Gasteiger partial charge is 0.251 e. The van der Waals surface area contributed by atoms with Gasteiger partial charge in [0.15, 0.2) is 0 Å². The fourth-order valence-electron chi connectivity index (χ4n) is 2.03. The molecule has 2 aromatic carbocycles. The average Bonchev–Trinajstić information content (AvgIpc) is 2.65. The van der Waals surface area contributed by atoms with Crippen LogP contribution in [0.5, 0.6) is 0 Å². The maximum absolute atomic E-state index is 12.2. The minimum Gasteiger partial charge on any atom is -0.344 e. The van der Waals surface area contributed by atoms with Gasteiger partial charge >= 0.3 is 0 Å². The fraction of sp³-hybridized carbons (Fsp3) is 0.158. The highest BCUT2D eigenvalue weighted by Gasteiger charge is 2.09. The van der Waals surface area contributed by atoms with E-state index in [0.717, 1.165) is 10.5 Å². The van der Waals surface area contributed by atoms with E-state index in [1.54, 1.807) is 36.4 Å². The van der Waals surface area contributed by atoms with Crippen molar-refractivity contribution >= 4 is 46.8 Å². The van der Waals surface area contributed by atoms with Crippen LogP contribution in [-0.2, 0) is 10.5 Å². The Labute approximate surface area is 166 Å². The van der Waals surface area contributed by atoms with Crippen molar-refractivity contribution in [3.63, 3.8) is 0 Å². The van der Waals surface area contributed by atoms with Crippen LogP contribution < -0.4 is 10.6 Å². The van der Waals surface area contributed by atoms with Gasteiger partial charge in [-0.2, -0.15) is 0 Å². The quantitative estimate of drug-likeness (QED) is 0.543. The number of carbonyl (C=O) groups excluding carboxylic acids is 2. The molecule has 0 unspecified atom stereocenters. The SMILES string of the molecule is C#CCNC(=O)CNC(=O)c1cccc(CSc2cc(Cl)ccc2Cl)c1. The maximum atomic E-state index is 12.2. The summed E-state index contributed by atoms with van der Waals surface area (Å²) < 4.78 is 0. The number of benzene rings is 2. The van der Waals surface area contributed by atoms with Gasteiger partial charge in [-0.25, -0.2) is 0 Å². The molecule has 2 rings (SSSR count). The van der Waals surface area contributed by atoms with Gasteiger partial charge in [-0.15, -0.1) is 18.2 Å². The summed E-state index contributed by atoms with van der Waals surface area (Å²) in [5, 5.41) is 6.29. The molecule has 0 saturated heterocycles. The summed E-state index contributed by atoms with van der Waals surface area (Å²) in [6.07, 6.45) is 5.06. The number of amides is 2. The van der Waals surface area contributed by atoms with E-state index in [9.17, 15) is 9.59 Å². The van der Waals surface area contributed by atoms with Gasteiger partial charge in [0.05, 0.1) is 18.1 Å². The number of hydrogen-bond acceptors (Lipinski definition) is 3. The molecule has 0 aliphatic rings. The molecule has 0 spiro atoms. The van der Waals surface area contributed by atoms with E-state index < -0.39 is 0 Å². The van der Waals surface area contributed by atoms with Crippen molar-refractivity contribution in [3.05, 3.63) is 63.6 Å². The lowest BCUT2D eigenvalue weighted by atomic mass is 10.1. The molecule has 0 saturated carbocycles. The molecule has 0 bridgehead atoms. The predicted molar refractivity (Wildman–Crippen MR) is 107 cm³/mol. The maximum Gasteiger partial charge on any atom is 0.251 e. The van der Waals surface area contributed by atoms with Gasteiger partial charge in [0.25, 0.3) is 5.91 Å². The summed E-state index contributed by atoms with van der Waals surface area (Å²) in [6.45, 7) is 0.00505. The Morgan fingerprint density at radius 2 is 1.92 bits per heavy atom. The molecule has 0 atom stereocenters. The highest BCUT2D eigenvalue weighted by molar-refractivity contribution is 7.98. The summed E-state index contributed by atoms with van der Waals surface area (Å²) in [5.41, 5.74) is 1.43. The first-order valence-electron chi connectivity index (χ1n) is 7.64. The number of rotatable bonds is 7. The molecule has 0 fully saturated rings. The van der Waals surface area contributed by atoms with E-state index in [0.29, 0.717) is 21.4 Å². The van der Waals surface area contributed by atoms with Crippen molar-refractivity contribution in [1.82, 2.24) is 10.6 Å². The monoisotopic (exact) mass is 406 g/mol. The lowest BCUT2D eigenvalue weighted by Gasteiger charge is -2.08. The van der Waals surface area contributed by atoms with E-state index in [1.165, 1.54) is 11.8 Å². The molecule has 0 aliphatic carbocycles. The Morgan fingerprint density at radius 1 is 1.12 bits per heavy atom. The van der Waals surface area contributed by atoms with Gasteiger partial charge in [-0.05, 0) is 35.9 Å². The first kappa shape index (κ1) is 20.2. The lowest BCUT2D eigenvalue weighted by molar-refractivity contribution is -0.119. The first-order valence-corrected chi connectivity index (χ1v) is 9.39.